The SMILES string of the molecule is Cc1nc2cc(NC(=O)c3cnn(-c4cccc(Cl)c4)c3C(C)C)ccc2o1. The van der Waals surface area contributed by atoms with Crippen LogP contribution in [0.3, 0.4) is 0 Å². The van der Waals surface area contributed by atoms with Gasteiger partial charge in [-0.2, -0.15) is 5.10 Å². The molecule has 0 spiro atoms. The summed E-state index contributed by atoms with van der Waals surface area (Å²) in [7, 11) is 0. The van der Waals surface area contributed by atoms with Crippen molar-refractivity contribution < 1.29 is 9.21 Å². The van der Waals surface area contributed by atoms with E-state index in [0.717, 1.165) is 11.4 Å². The molecule has 0 aliphatic carbocycles. The molecule has 0 saturated heterocycles. The third kappa shape index (κ3) is 3.39. The molecule has 0 bridgehead atoms. The molecule has 0 fully saturated rings. The second-order valence-electron chi connectivity index (χ2n) is 6.86. The highest BCUT2D eigenvalue weighted by Gasteiger charge is 2.21. The van der Waals surface area contributed by atoms with Crippen molar-refractivity contribution in [3.8, 4) is 5.69 Å². The first-order chi connectivity index (χ1) is 13.4. The number of oxazole rings is 1. The average molecular weight is 395 g/mol. The minimum Gasteiger partial charge on any atom is -0.441 e. The molecule has 0 atom stereocenters. The van der Waals surface area contributed by atoms with Gasteiger partial charge in [-0.25, -0.2) is 9.67 Å². The molecule has 1 amide bonds. The Labute approximate surface area is 167 Å². The van der Waals surface area contributed by atoms with Gasteiger partial charge in [0.15, 0.2) is 11.5 Å². The van der Waals surface area contributed by atoms with Crippen LogP contribution >= 0.6 is 11.6 Å². The molecule has 2 aromatic heterocycles. The number of amides is 1. The van der Waals surface area contributed by atoms with Crippen LogP contribution in [0.15, 0.2) is 53.1 Å². The maximum atomic E-state index is 13.0. The van der Waals surface area contributed by atoms with Crippen molar-refractivity contribution in [2.24, 2.45) is 0 Å². The van der Waals surface area contributed by atoms with Crippen LogP contribution in [0.5, 0.6) is 0 Å². The first-order valence-electron chi connectivity index (χ1n) is 8.95. The fourth-order valence-electron chi connectivity index (χ4n) is 3.22. The number of anilines is 1. The summed E-state index contributed by atoms with van der Waals surface area (Å²) in [5.74, 6) is 0.447. The zero-order chi connectivity index (χ0) is 19.8. The fraction of sp³-hybridized carbons (Fsp3) is 0.190. The normalized spacial score (nSPS) is 11.3. The number of benzene rings is 2. The van der Waals surface area contributed by atoms with Gasteiger partial charge in [0, 0.05) is 17.6 Å². The van der Waals surface area contributed by atoms with Crippen LogP contribution < -0.4 is 5.32 Å². The van der Waals surface area contributed by atoms with Crippen LogP contribution in [-0.4, -0.2) is 20.7 Å². The maximum absolute atomic E-state index is 13.0. The lowest BCUT2D eigenvalue weighted by Crippen LogP contribution is -2.15. The number of rotatable bonds is 4. The lowest BCUT2D eigenvalue weighted by atomic mass is 10.0. The van der Waals surface area contributed by atoms with Crippen LogP contribution in [-0.2, 0) is 0 Å². The third-order valence-corrected chi connectivity index (χ3v) is 4.64. The Hall–Kier alpha value is -3.12. The van der Waals surface area contributed by atoms with Crippen LogP contribution in [0.25, 0.3) is 16.8 Å². The van der Waals surface area contributed by atoms with Gasteiger partial charge >= 0.3 is 0 Å². The standard InChI is InChI=1S/C21H19ClN4O2/c1-12(2)20-17(11-23-26(20)16-6-4-5-14(22)9-16)21(27)25-15-7-8-19-18(10-15)24-13(3)28-19/h4-12H,1-3H3,(H,25,27). The summed E-state index contributed by atoms with van der Waals surface area (Å²) in [4.78, 5) is 17.3. The molecule has 0 radical (unpaired) electrons. The molecule has 4 aromatic rings. The number of nitrogens with one attached hydrogen (secondary N) is 1. The summed E-state index contributed by atoms with van der Waals surface area (Å²) in [6, 6.07) is 12.8. The summed E-state index contributed by atoms with van der Waals surface area (Å²) in [6.45, 7) is 5.84. The monoisotopic (exact) mass is 394 g/mol. The molecular formula is C21H19ClN4O2. The minimum absolute atomic E-state index is 0.0860. The summed E-state index contributed by atoms with van der Waals surface area (Å²) in [6.07, 6.45) is 1.59. The molecule has 0 aliphatic rings. The van der Waals surface area contributed by atoms with E-state index in [0.29, 0.717) is 33.3 Å². The van der Waals surface area contributed by atoms with E-state index in [2.05, 4.69) is 15.4 Å². The van der Waals surface area contributed by atoms with Crippen molar-refractivity contribution in [3.63, 3.8) is 0 Å². The lowest BCUT2D eigenvalue weighted by Gasteiger charge is -2.13. The van der Waals surface area contributed by atoms with E-state index < -0.39 is 0 Å². The molecule has 28 heavy (non-hydrogen) atoms. The molecule has 6 nitrogen and oxygen atoms in total. The van der Waals surface area contributed by atoms with E-state index in [-0.39, 0.29) is 11.8 Å². The van der Waals surface area contributed by atoms with Crippen LogP contribution in [0, 0.1) is 6.92 Å². The van der Waals surface area contributed by atoms with Crippen molar-refractivity contribution in [2.75, 3.05) is 5.32 Å². The van der Waals surface area contributed by atoms with Crippen LogP contribution in [0.4, 0.5) is 5.69 Å². The smallest absolute Gasteiger partial charge is 0.259 e. The van der Waals surface area contributed by atoms with E-state index >= 15 is 0 Å². The van der Waals surface area contributed by atoms with Crippen molar-refractivity contribution >= 4 is 34.3 Å². The number of hydrogen-bond acceptors (Lipinski definition) is 4. The zero-order valence-electron chi connectivity index (χ0n) is 15.7. The van der Waals surface area contributed by atoms with Gasteiger partial charge in [0.25, 0.3) is 5.91 Å². The second kappa shape index (κ2) is 7.13. The molecule has 2 aromatic carbocycles. The van der Waals surface area contributed by atoms with Gasteiger partial charge < -0.3 is 9.73 Å². The fourth-order valence-corrected chi connectivity index (χ4v) is 3.41. The number of aromatic nitrogens is 3. The lowest BCUT2D eigenvalue weighted by molar-refractivity contribution is 0.102. The third-order valence-electron chi connectivity index (χ3n) is 4.40. The molecule has 4 rings (SSSR count). The molecule has 0 unspecified atom stereocenters. The van der Waals surface area contributed by atoms with Crippen molar-refractivity contribution in [3.05, 3.63) is 70.8 Å². The molecule has 2 heterocycles. The number of halogens is 1. The van der Waals surface area contributed by atoms with E-state index in [1.54, 1.807) is 42.1 Å². The van der Waals surface area contributed by atoms with Gasteiger partial charge in [0.1, 0.15) is 5.52 Å². The zero-order valence-corrected chi connectivity index (χ0v) is 16.5. The number of aryl methyl sites for hydroxylation is 1. The van der Waals surface area contributed by atoms with E-state index in [1.807, 2.05) is 32.0 Å². The maximum Gasteiger partial charge on any atom is 0.259 e. The molecule has 142 valence electrons. The Bertz CT molecular complexity index is 1180. The predicted octanol–water partition coefficient (Wildman–Crippen LogP) is 5.35. The van der Waals surface area contributed by atoms with Gasteiger partial charge in [-0.1, -0.05) is 31.5 Å². The van der Waals surface area contributed by atoms with E-state index in [1.165, 1.54) is 0 Å². The molecule has 0 saturated carbocycles. The van der Waals surface area contributed by atoms with Crippen molar-refractivity contribution in [2.45, 2.75) is 26.7 Å². The second-order valence-corrected chi connectivity index (χ2v) is 7.30. The number of nitrogens with zero attached hydrogens (tertiary/aromatic N) is 3. The van der Waals surface area contributed by atoms with Gasteiger partial charge in [0.05, 0.1) is 23.1 Å². The van der Waals surface area contributed by atoms with Crippen LogP contribution in [0.1, 0.15) is 41.7 Å². The highest BCUT2D eigenvalue weighted by atomic mass is 35.5. The summed E-state index contributed by atoms with van der Waals surface area (Å²) >= 11 is 6.12. The molecule has 7 heteroatoms. The van der Waals surface area contributed by atoms with Crippen LogP contribution in [0.2, 0.25) is 5.02 Å². The Morgan fingerprint density at radius 2 is 2.04 bits per heavy atom. The van der Waals surface area contributed by atoms with Gasteiger partial charge in [-0.3, -0.25) is 4.79 Å². The van der Waals surface area contributed by atoms with E-state index in [9.17, 15) is 4.79 Å². The van der Waals surface area contributed by atoms with Crippen molar-refractivity contribution in [1.82, 2.24) is 14.8 Å². The highest BCUT2D eigenvalue weighted by molar-refractivity contribution is 6.30. The Balaban J connectivity index is 1.68. The van der Waals surface area contributed by atoms with Gasteiger partial charge in [-0.05, 0) is 42.3 Å². The molecule has 0 aliphatic heterocycles. The molecular weight excluding hydrogens is 376 g/mol. The van der Waals surface area contributed by atoms with Gasteiger partial charge in [0.2, 0.25) is 0 Å². The quantitative estimate of drug-likeness (QED) is 0.506. The number of carbonyl (C=O) groups is 1. The minimum atomic E-state index is -0.225. The summed E-state index contributed by atoms with van der Waals surface area (Å²) in [5, 5.41) is 7.98. The summed E-state index contributed by atoms with van der Waals surface area (Å²) in [5.41, 5.74) is 4.19. The number of hydrogen-bond donors (Lipinski definition) is 1. The Morgan fingerprint density at radius 3 is 2.79 bits per heavy atom. The highest BCUT2D eigenvalue weighted by Crippen LogP contribution is 2.26. The first-order valence-corrected chi connectivity index (χ1v) is 9.32. The van der Waals surface area contributed by atoms with E-state index in [4.69, 9.17) is 16.0 Å². The average Bonchev–Trinajstić information content (AvgIpc) is 3.24. The summed E-state index contributed by atoms with van der Waals surface area (Å²) < 4.78 is 7.24. The van der Waals surface area contributed by atoms with Crippen molar-refractivity contribution in [1.29, 1.82) is 0 Å². The predicted molar refractivity (Wildman–Crippen MR) is 109 cm³/mol. The topological polar surface area (TPSA) is 73.0 Å². The number of carbonyl (C=O) groups excluding carboxylic acids is 1. The Morgan fingerprint density at radius 1 is 1.21 bits per heavy atom. The van der Waals surface area contributed by atoms with Gasteiger partial charge in [-0.15, -0.1) is 0 Å². The Kier molecular flexibility index (Phi) is 4.65. The first kappa shape index (κ1) is 18.3. The largest absolute Gasteiger partial charge is 0.441 e. The number of fused-ring (bicyclic) bond motifs is 1. The molecule has 1 N–H and O–H groups in total.